The number of amides is 1. The highest BCUT2D eigenvalue weighted by molar-refractivity contribution is 9.08. The second-order valence-corrected chi connectivity index (χ2v) is 5.97. The van der Waals surface area contributed by atoms with Gasteiger partial charge in [-0.05, 0) is 31.5 Å². The molecule has 0 aliphatic heterocycles. The number of alkyl halides is 1. The largest absolute Gasteiger partial charge is 0.446 e. The molecule has 0 spiro atoms. The topological polar surface area (TPSA) is 84.5 Å². The lowest BCUT2D eigenvalue weighted by atomic mass is 10.2. The van der Waals surface area contributed by atoms with Crippen molar-refractivity contribution in [3.05, 3.63) is 29.8 Å². The van der Waals surface area contributed by atoms with Gasteiger partial charge in [-0.1, -0.05) is 28.1 Å². The third-order valence-electron chi connectivity index (χ3n) is 1.89. The molecule has 8 heteroatoms. The summed E-state index contributed by atoms with van der Waals surface area (Å²) in [6, 6.07) is 6.79. The second-order valence-electron chi connectivity index (χ2n) is 4.00. The van der Waals surface area contributed by atoms with Crippen LogP contribution in [0.3, 0.4) is 0 Å². The van der Waals surface area contributed by atoms with E-state index in [0.29, 0.717) is 11.0 Å². The molecule has 19 heavy (non-hydrogen) atoms. The fourth-order valence-electron chi connectivity index (χ4n) is 1.25. The summed E-state index contributed by atoms with van der Waals surface area (Å²) < 4.78 is 32.0. The number of rotatable bonds is 5. The first-order chi connectivity index (χ1) is 8.82. The highest BCUT2D eigenvalue weighted by Gasteiger charge is 2.16. The van der Waals surface area contributed by atoms with Crippen LogP contribution in [0.1, 0.15) is 19.4 Å². The highest BCUT2D eigenvalue weighted by atomic mass is 79.9. The number of nitrogens with one attached hydrogen (secondary N) is 2. The van der Waals surface area contributed by atoms with Gasteiger partial charge < -0.3 is 4.74 Å². The van der Waals surface area contributed by atoms with E-state index in [4.69, 9.17) is 4.74 Å². The van der Waals surface area contributed by atoms with E-state index in [1.54, 1.807) is 36.8 Å². The van der Waals surface area contributed by atoms with Gasteiger partial charge in [0.15, 0.2) is 0 Å². The molecule has 0 aliphatic rings. The van der Waals surface area contributed by atoms with E-state index in [-0.39, 0.29) is 0 Å². The van der Waals surface area contributed by atoms with Gasteiger partial charge in [0.2, 0.25) is 0 Å². The standard InChI is InChI=1S/C11H15BrN2O4S/c1-8(2)18-11(15)14-19(16,17)13-10-5-3-4-9(6-10)7-12/h3-6,8,13H,7H2,1-2H3,(H,14,15). The number of carbonyl (C=O) groups is 1. The second kappa shape index (κ2) is 6.76. The number of hydrogen-bond acceptors (Lipinski definition) is 4. The highest BCUT2D eigenvalue weighted by Crippen LogP contribution is 2.14. The molecular weight excluding hydrogens is 336 g/mol. The summed E-state index contributed by atoms with van der Waals surface area (Å²) in [4.78, 5) is 11.2. The first-order valence-electron chi connectivity index (χ1n) is 5.48. The van der Waals surface area contributed by atoms with Crippen molar-refractivity contribution in [2.24, 2.45) is 0 Å². The number of ether oxygens (including phenoxy) is 1. The average molecular weight is 351 g/mol. The van der Waals surface area contributed by atoms with Crippen molar-refractivity contribution in [3.63, 3.8) is 0 Å². The Morgan fingerprint density at radius 3 is 2.68 bits per heavy atom. The van der Waals surface area contributed by atoms with Gasteiger partial charge in [-0.2, -0.15) is 8.42 Å². The molecule has 0 radical (unpaired) electrons. The Hall–Kier alpha value is -1.28. The van der Waals surface area contributed by atoms with Gasteiger partial charge in [-0.3, -0.25) is 4.72 Å². The van der Waals surface area contributed by atoms with E-state index in [2.05, 4.69) is 20.7 Å². The Labute approximate surface area is 120 Å². The molecule has 6 nitrogen and oxygen atoms in total. The Bertz CT molecular complexity index is 545. The number of anilines is 1. The fraction of sp³-hybridized carbons (Fsp3) is 0.364. The summed E-state index contributed by atoms with van der Waals surface area (Å²) in [5, 5.41) is 0.603. The Morgan fingerprint density at radius 1 is 1.42 bits per heavy atom. The minimum absolute atomic E-state index is 0.363. The van der Waals surface area contributed by atoms with Crippen molar-refractivity contribution in [2.45, 2.75) is 25.3 Å². The molecule has 2 N–H and O–H groups in total. The lowest BCUT2D eigenvalue weighted by molar-refractivity contribution is 0.121. The normalized spacial score (nSPS) is 11.2. The maximum absolute atomic E-state index is 11.7. The summed E-state index contributed by atoms with van der Waals surface area (Å²) in [5.74, 6) is 0. The molecule has 0 heterocycles. The van der Waals surface area contributed by atoms with Gasteiger partial charge in [-0.15, -0.1) is 0 Å². The van der Waals surface area contributed by atoms with Crippen LogP contribution in [0.5, 0.6) is 0 Å². The SMILES string of the molecule is CC(C)OC(=O)NS(=O)(=O)Nc1cccc(CBr)c1. The summed E-state index contributed by atoms with van der Waals surface area (Å²) in [5.41, 5.74) is 1.27. The van der Waals surface area contributed by atoms with Gasteiger partial charge in [0, 0.05) is 5.33 Å². The molecule has 0 saturated carbocycles. The van der Waals surface area contributed by atoms with E-state index in [0.717, 1.165) is 5.56 Å². The van der Waals surface area contributed by atoms with E-state index in [1.165, 1.54) is 0 Å². The van der Waals surface area contributed by atoms with Gasteiger partial charge in [-0.25, -0.2) is 9.52 Å². The zero-order chi connectivity index (χ0) is 14.5. The molecule has 0 bridgehead atoms. The number of halogens is 1. The predicted molar refractivity (Wildman–Crippen MR) is 76.4 cm³/mol. The summed E-state index contributed by atoms with van der Waals surface area (Å²) in [6.07, 6.45) is -1.41. The number of carbonyl (C=O) groups excluding carboxylic acids is 1. The molecule has 106 valence electrons. The number of benzene rings is 1. The van der Waals surface area contributed by atoms with Crippen molar-refractivity contribution < 1.29 is 17.9 Å². The predicted octanol–water partition coefficient (Wildman–Crippen LogP) is 2.37. The lowest BCUT2D eigenvalue weighted by Crippen LogP contribution is -2.36. The van der Waals surface area contributed by atoms with Gasteiger partial charge in [0.1, 0.15) is 0 Å². The Morgan fingerprint density at radius 2 is 2.11 bits per heavy atom. The van der Waals surface area contributed by atoms with Crippen LogP contribution < -0.4 is 9.44 Å². The van der Waals surface area contributed by atoms with E-state index < -0.39 is 22.4 Å². The van der Waals surface area contributed by atoms with Crippen LogP contribution in [0, 0.1) is 0 Å². The van der Waals surface area contributed by atoms with Crippen LogP contribution in [-0.2, 0) is 20.3 Å². The minimum atomic E-state index is -3.99. The van der Waals surface area contributed by atoms with Crippen LogP contribution in [0.25, 0.3) is 0 Å². The fourth-order valence-corrected chi connectivity index (χ4v) is 2.35. The van der Waals surface area contributed by atoms with Crippen LogP contribution in [0.15, 0.2) is 24.3 Å². The van der Waals surface area contributed by atoms with Crippen LogP contribution in [-0.4, -0.2) is 20.6 Å². The lowest BCUT2D eigenvalue weighted by Gasteiger charge is -2.11. The molecule has 1 amide bonds. The quantitative estimate of drug-likeness (QED) is 0.798. The number of hydrogen-bond donors (Lipinski definition) is 2. The molecule has 0 unspecified atom stereocenters. The minimum Gasteiger partial charge on any atom is -0.446 e. The van der Waals surface area contributed by atoms with Crippen molar-refractivity contribution in [3.8, 4) is 0 Å². The molecule has 1 rings (SSSR count). The summed E-state index contributed by atoms with van der Waals surface area (Å²) in [6.45, 7) is 3.25. The molecule has 0 aliphatic carbocycles. The zero-order valence-electron chi connectivity index (χ0n) is 10.5. The van der Waals surface area contributed by atoms with Crippen LogP contribution in [0.4, 0.5) is 10.5 Å². The third-order valence-corrected chi connectivity index (χ3v) is 3.48. The van der Waals surface area contributed by atoms with Gasteiger partial charge in [0.25, 0.3) is 0 Å². The van der Waals surface area contributed by atoms with Crippen molar-refractivity contribution in [1.29, 1.82) is 0 Å². The van der Waals surface area contributed by atoms with Crippen molar-refractivity contribution in [1.82, 2.24) is 4.72 Å². The van der Waals surface area contributed by atoms with Gasteiger partial charge in [0.05, 0.1) is 11.8 Å². The first-order valence-corrected chi connectivity index (χ1v) is 8.09. The Kier molecular flexibility index (Phi) is 5.61. The van der Waals surface area contributed by atoms with Crippen LogP contribution in [0.2, 0.25) is 0 Å². The van der Waals surface area contributed by atoms with Crippen molar-refractivity contribution in [2.75, 3.05) is 4.72 Å². The molecule has 0 aromatic heterocycles. The molecule has 1 aromatic rings. The maximum Gasteiger partial charge on any atom is 0.422 e. The maximum atomic E-state index is 11.7. The zero-order valence-corrected chi connectivity index (χ0v) is 12.9. The molecule has 0 atom stereocenters. The third kappa shape index (κ3) is 5.93. The first kappa shape index (κ1) is 15.8. The van der Waals surface area contributed by atoms with E-state index in [9.17, 15) is 13.2 Å². The monoisotopic (exact) mass is 350 g/mol. The van der Waals surface area contributed by atoms with Crippen molar-refractivity contribution >= 4 is 37.9 Å². The average Bonchev–Trinajstić information content (AvgIpc) is 2.26. The molecule has 0 saturated heterocycles. The van der Waals surface area contributed by atoms with E-state index in [1.807, 2.05) is 6.07 Å². The molecule has 1 aromatic carbocycles. The molecular formula is C11H15BrN2O4S. The van der Waals surface area contributed by atoms with Crippen LogP contribution >= 0.6 is 15.9 Å². The summed E-state index contributed by atoms with van der Waals surface area (Å²) >= 11 is 3.27. The smallest absolute Gasteiger partial charge is 0.422 e. The Balaban J connectivity index is 2.71. The molecule has 0 fully saturated rings. The van der Waals surface area contributed by atoms with Gasteiger partial charge >= 0.3 is 16.3 Å². The summed E-state index contributed by atoms with van der Waals surface area (Å²) in [7, 11) is -3.99. The van der Waals surface area contributed by atoms with E-state index >= 15 is 0 Å².